The molecule has 0 saturated carbocycles. The van der Waals surface area contributed by atoms with Crippen LogP contribution in [0, 0.1) is 0 Å². The van der Waals surface area contributed by atoms with Crippen molar-refractivity contribution in [3.05, 3.63) is 35.0 Å². The maximum absolute atomic E-state index is 11.4. The molecule has 1 heterocycles. The van der Waals surface area contributed by atoms with Gasteiger partial charge in [0.15, 0.2) is 6.29 Å². The fourth-order valence-corrected chi connectivity index (χ4v) is 4.09. The fourth-order valence-electron chi connectivity index (χ4n) is 3.33. The van der Waals surface area contributed by atoms with Gasteiger partial charge in [0.05, 0.1) is 5.52 Å². The van der Waals surface area contributed by atoms with Crippen molar-refractivity contribution in [2.75, 3.05) is 6.61 Å². The van der Waals surface area contributed by atoms with E-state index in [0.717, 1.165) is 42.2 Å². The van der Waals surface area contributed by atoms with Gasteiger partial charge in [-0.25, -0.2) is 0 Å². The highest BCUT2D eigenvalue weighted by molar-refractivity contribution is 6.76. The Balaban J connectivity index is 1.88. The normalized spacial score (nSPS) is 14.5. The molecule has 118 valence electrons. The number of aryl methyl sites for hydroxylation is 1. The standard InChI is InChI=1S/C18H25NO2Si/c1-22(2,3)11-10-21-13-19-16-8-5-7-15(16)18-14(12-20)6-4-9-17(18)19/h4,6,9,12H,5,7-8,10-11,13H2,1-3H3. The number of rotatable bonds is 6. The number of carbonyl (C=O) groups is 1. The van der Waals surface area contributed by atoms with Crippen LogP contribution >= 0.6 is 0 Å². The van der Waals surface area contributed by atoms with Crippen molar-refractivity contribution in [3.63, 3.8) is 0 Å². The molecule has 0 radical (unpaired) electrons. The highest BCUT2D eigenvalue weighted by Gasteiger charge is 2.23. The smallest absolute Gasteiger partial charge is 0.150 e. The third-order valence-electron chi connectivity index (χ3n) is 4.53. The number of nitrogens with zero attached hydrogens (tertiary/aromatic N) is 1. The molecule has 1 aliphatic carbocycles. The summed E-state index contributed by atoms with van der Waals surface area (Å²) in [6.07, 6.45) is 4.35. The van der Waals surface area contributed by atoms with Crippen LogP contribution in [0.2, 0.25) is 25.7 Å². The fraction of sp³-hybridized carbons (Fsp3) is 0.500. The Morgan fingerprint density at radius 2 is 2.09 bits per heavy atom. The molecule has 4 heteroatoms. The van der Waals surface area contributed by atoms with Crippen LogP contribution in [0.5, 0.6) is 0 Å². The van der Waals surface area contributed by atoms with Gasteiger partial charge in [-0.1, -0.05) is 31.8 Å². The average Bonchev–Trinajstić information content (AvgIpc) is 3.03. The zero-order valence-electron chi connectivity index (χ0n) is 13.8. The Morgan fingerprint density at radius 3 is 2.82 bits per heavy atom. The summed E-state index contributed by atoms with van der Waals surface area (Å²) in [5.41, 5.74) is 4.71. The first-order valence-corrected chi connectivity index (χ1v) is 11.9. The van der Waals surface area contributed by atoms with Crippen LogP contribution in [0.3, 0.4) is 0 Å². The summed E-state index contributed by atoms with van der Waals surface area (Å²) in [7, 11) is -1.05. The van der Waals surface area contributed by atoms with Gasteiger partial charge in [0.1, 0.15) is 6.73 Å². The lowest BCUT2D eigenvalue weighted by molar-refractivity contribution is 0.0886. The minimum absolute atomic E-state index is 0.610. The third kappa shape index (κ3) is 2.90. The predicted octanol–water partition coefficient (Wildman–Crippen LogP) is 4.25. The number of ether oxygens (including phenoxy) is 1. The minimum atomic E-state index is -1.05. The van der Waals surface area contributed by atoms with Gasteiger partial charge in [-0.2, -0.15) is 0 Å². The van der Waals surface area contributed by atoms with E-state index >= 15 is 0 Å². The first kappa shape index (κ1) is 15.5. The molecule has 0 fully saturated rings. The molecule has 0 spiro atoms. The molecule has 0 unspecified atom stereocenters. The minimum Gasteiger partial charge on any atom is -0.361 e. The number of hydrogen-bond acceptors (Lipinski definition) is 2. The second-order valence-electron chi connectivity index (χ2n) is 7.41. The van der Waals surface area contributed by atoms with Crippen LogP contribution in [0.1, 0.15) is 28.0 Å². The van der Waals surface area contributed by atoms with Crippen LogP contribution in [-0.2, 0) is 24.3 Å². The van der Waals surface area contributed by atoms with E-state index in [9.17, 15) is 4.79 Å². The molecule has 0 saturated heterocycles. The van der Waals surface area contributed by atoms with E-state index in [1.165, 1.54) is 23.7 Å². The maximum atomic E-state index is 11.4. The van der Waals surface area contributed by atoms with Crippen molar-refractivity contribution < 1.29 is 9.53 Å². The molecule has 1 aromatic carbocycles. The summed E-state index contributed by atoms with van der Waals surface area (Å²) in [6.45, 7) is 8.55. The van der Waals surface area contributed by atoms with Crippen LogP contribution in [-0.4, -0.2) is 25.5 Å². The van der Waals surface area contributed by atoms with Crippen molar-refractivity contribution in [1.82, 2.24) is 4.57 Å². The van der Waals surface area contributed by atoms with E-state index in [0.29, 0.717) is 6.73 Å². The Kier molecular flexibility index (Phi) is 4.23. The van der Waals surface area contributed by atoms with Gasteiger partial charge in [0, 0.05) is 31.3 Å². The Hall–Kier alpha value is -1.39. The lowest BCUT2D eigenvalue weighted by Gasteiger charge is -2.16. The van der Waals surface area contributed by atoms with E-state index in [4.69, 9.17) is 4.74 Å². The van der Waals surface area contributed by atoms with Gasteiger partial charge >= 0.3 is 0 Å². The van der Waals surface area contributed by atoms with Crippen LogP contribution in [0.4, 0.5) is 0 Å². The number of aromatic nitrogens is 1. The van der Waals surface area contributed by atoms with Gasteiger partial charge in [-0.05, 0) is 36.9 Å². The summed E-state index contributed by atoms with van der Waals surface area (Å²) >= 11 is 0. The number of fused-ring (bicyclic) bond motifs is 3. The molecule has 1 aromatic heterocycles. The molecule has 1 aliphatic rings. The van der Waals surface area contributed by atoms with E-state index in [2.05, 4.69) is 30.3 Å². The molecule has 3 rings (SSSR count). The summed E-state index contributed by atoms with van der Waals surface area (Å²) in [5, 5.41) is 1.15. The SMILES string of the molecule is C[Si](C)(C)CCOCn1c2c(c3c(C=O)cccc31)CCC2. The van der Waals surface area contributed by atoms with E-state index in [1.807, 2.05) is 12.1 Å². The van der Waals surface area contributed by atoms with Crippen LogP contribution in [0.15, 0.2) is 18.2 Å². The summed E-state index contributed by atoms with van der Waals surface area (Å²) in [5.74, 6) is 0. The summed E-state index contributed by atoms with van der Waals surface area (Å²) in [4.78, 5) is 11.4. The molecule has 0 atom stereocenters. The van der Waals surface area contributed by atoms with E-state index in [1.54, 1.807) is 0 Å². The monoisotopic (exact) mass is 315 g/mol. The first-order chi connectivity index (χ1) is 10.5. The molecule has 22 heavy (non-hydrogen) atoms. The number of hydrogen-bond donors (Lipinski definition) is 0. The number of carbonyl (C=O) groups excluding carboxylic acids is 1. The van der Waals surface area contributed by atoms with Crippen molar-refractivity contribution >= 4 is 25.3 Å². The zero-order chi connectivity index (χ0) is 15.7. The van der Waals surface area contributed by atoms with Crippen molar-refractivity contribution in [2.24, 2.45) is 0 Å². The van der Waals surface area contributed by atoms with Crippen molar-refractivity contribution in [3.8, 4) is 0 Å². The Labute approximate surface area is 133 Å². The third-order valence-corrected chi connectivity index (χ3v) is 6.23. The second kappa shape index (κ2) is 6.01. The van der Waals surface area contributed by atoms with Gasteiger partial charge in [-0.15, -0.1) is 0 Å². The first-order valence-electron chi connectivity index (χ1n) is 8.17. The lowest BCUT2D eigenvalue weighted by atomic mass is 10.1. The largest absolute Gasteiger partial charge is 0.361 e. The number of aldehydes is 1. The van der Waals surface area contributed by atoms with Crippen LogP contribution < -0.4 is 0 Å². The topological polar surface area (TPSA) is 31.2 Å². The molecule has 0 bridgehead atoms. The maximum Gasteiger partial charge on any atom is 0.150 e. The highest BCUT2D eigenvalue weighted by Crippen LogP contribution is 2.34. The van der Waals surface area contributed by atoms with Gasteiger partial charge < -0.3 is 9.30 Å². The molecular formula is C18H25NO2Si. The van der Waals surface area contributed by atoms with Gasteiger partial charge in [0.25, 0.3) is 0 Å². The van der Waals surface area contributed by atoms with E-state index in [-0.39, 0.29) is 0 Å². The Bertz CT molecular complexity index is 697. The Morgan fingerprint density at radius 1 is 1.27 bits per heavy atom. The summed E-state index contributed by atoms with van der Waals surface area (Å²) < 4.78 is 8.26. The van der Waals surface area contributed by atoms with Gasteiger partial charge in [0.2, 0.25) is 0 Å². The molecule has 3 nitrogen and oxygen atoms in total. The molecule has 0 amide bonds. The molecule has 2 aromatic rings. The van der Waals surface area contributed by atoms with Gasteiger partial charge in [-0.3, -0.25) is 4.79 Å². The number of benzene rings is 1. The average molecular weight is 315 g/mol. The highest BCUT2D eigenvalue weighted by atomic mass is 28.3. The summed E-state index contributed by atoms with van der Waals surface area (Å²) in [6, 6.07) is 7.20. The quantitative estimate of drug-likeness (QED) is 0.453. The van der Waals surface area contributed by atoms with E-state index < -0.39 is 8.07 Å². The molecular weight excluding hydrogens is 290 g/mol. The molecule has 0 aliphatic heterocycles. The van der Waals surface area contributed by atoms with Crippen molar-refractivity contribution in [1.29, 1.82) is 0 Å². The molecule has 0 N–H and O–H groups in total. The second-order valence-corrected chi connectivity index (χ2v) is 13.0. The lowest BCUT2D eigenvalue weighted by Crippen LogP contribution is -2.22. The van der Waals surface area contributed by atoms with Crippen LogP contribution in [0.25, 0.3) is 10.9 Å². The predicted molar refractivity (Wildman–Crippen MR) is 93.5 cm³/mol. The van der Waals surface area contributed by atoms with Crippen molar-refractivity contribution in [2.45, 2.75) is 51.7 Å². The zero-order valence-corrected chi connectivity index (χ0v) is 14.8.